The summed E-state index contributed by atoms with van der Waals surface area (Å²) in [7, 11) is 0. The standard InChI is InChI=1S/C15H19F2N3O2/c16-15(17)22-13-4-2-1-3-12(13)20-6-5-11(9-20)19-14(21)10-7-18-8-10/h1-4,10-11,15,18H,5-9H2,(H,19,21). The minimum absolute atomic E-state index is 0.0488. The lowest BCUT2D eigenvalue weighted by Gasteiger charge is -2.27. The minimum Gasteiger partial charge on any atom is -0.433 e. The van der Waals surface area contributed by atoms with E-state index in [1.54, 1.807) is 18.2 Å². The SMILES string of the molecule is O=C(NC1CCN(c2ccccc2OC(F)F)C1)C1CNC1. The van der Waals surface area contributed by atoms with Crippen molar-refractivity contribution >= 4 is 11.6 Å². The fourth-order valence-corrected chi connectivity index (χ4v) is 2.80. The molecule has 7 heteroatoms. The van der Waals surface area contributed by atoms with Gasteiger partial charge in [0, 0.05) is 32.2 Å². The molecule has 1 atom stereocenters. The van der Waals surface area contributed by atoms with Gasteiger partial charge in [-0.15, -0.1) is 0 Å². The van der Waals surface area contributed by atoms with Crippen molar-refractivity contribution in [1.82, 2.24) is 10.6 Å². The van der Waals surface area contributed by atoms with E-state index in [9.17, 15) is 13.6 Å². The predicted molar refractivity (Wildman–Crippen MR) is 78.2 cm³/mol. The van der Waals surface area contributed by atoms with Gasteiger partial charge < -0.3 is 20.3 Å². The second-order valence-electron chi connectivity index (χ2n) is 5.64. The number of carbonyl (C=O) groups excluding carboxylic acids is 1. The fraction of sp³-hybridized carbons (Fsp3) is 0.533. The van der Waals surface area contributed by atoms with Gasteiger partial charge in [-0.1, -0.05) is 12.1 Å². The molecule has 2 fully saturated rings. The average Bonchev–Trinajstić information content (AvgIpc) is 2.84. The molecule has 0 radical (unpaired) electrons. The number of benzene rings is 1. The Hall–Kier alpha value is -1.89. The molecule has 2 heterocycles. The molecule has 1 aromatic rings. The molecule has 3 rings (SSSR count). The average molecular weight is 311 g/mol. The Morgan fingerprint density at radius 2 is 2.14 bits per heavy atom. The highest BCUT2D eigenvalue weighted by molar-refractivity contribution is 5.80. The molecule has 1 amide bonds. The zero-order valence-corrected chi connectivity index (χ0v) is 12.1. The van der Waals surface area contributed by atoms with E-state index in [1.807, 2.05) is 4.90 Å². The summed E-state index contributed by atoms with van der Waals surface area (Å²) in [4.78, 5) is 13.9. The van der Waals surface area contributed by atoms with Crippen LogP contribution in [0.3, 0.4) is 0 Å². The van der Waals surface area contributed by atoms with Crippen LogP contribution in [-0.2, 0) is 4.79 Å². The lowest BCUT2D eigenvalue weighted by Crippen LogP contribution is -2.53. The molecule has 0 bridgehead atoms. The Balaban J connectivity index is 1.61. The van der Waals surface area contributed by atoms with Crippen molar-refractivity contribution < 1.29 is 18.3 Å². The van der Waals surface area contributed by atoms with Crippen molar-refractivity contribution in [2.45, 2.75) is 19.1 Å². The molecule has 0 spiro atoms. The monoisotopic (exact) mass is 311 g/mol. The topological polar surface area (TPSA) is 53.6 Å². The van der Waals surface area contributed by atoms with Crippen LogP contribution in [-0.4, -0.2) is 44.7 Å². The molecule has 0 aromatic heterocycles. The van der Waals surface area contributed by atoms with Crippen LogP contribution in [0.2, 0.25) is 0 Å². The summed E-state index contributed by atoms with van der Waals surface area (Å²) in [5.74, 6) is 0.305. The third kappa shape index (κ3) is 3.30. The van der Waals surface area contributed by atoms with Crippen molar-refractivity contribution in [2.24, 2.45) is 5.92 Å². The van der Waals surface area contributed by atoms with E-state index >= 15 is 0 Å². The van der Waals surface area contributed by atoms with Crippen LogP contribution in [0.4, 0.5) is 14.5 Å². The van der Waals surface area contributed by atoms with Gasteiger partial charge in [-0.2, -0.15) is 8.78 Å². The number of para-hydroxylation sites is 2. The number of anilines is 1. The smallest absolute Gasteiger partial charge is 0.387 e. The Bertz CT molecular complexity index is 537. The van der Waals surface area contributed by atoms with Crippen LogP contribution in [0, 0.1) is 5.92 Å². The number of hydrogen-bond donors (Lipinski definition) is 2. The molecule has 0 aliphatic carbocycles. The lowest BCUT2D eigenvalue weighted by molar-refractivity contribution is -0.127. The van der Waals surface area contributed by atoms with Crippen molar-refractivity contribution in [1.29, 1.82) is 0 Å². The molecule has 120 valence electrons. The summed E-state index contributed by atoms with van der Waals surface area (Å²) < 4.78 is 29.5. The number of hydrogen-bond acceptors (Lipinski definition) is 4. The van der Waals surface area contributed by atoms with E-state index < -0.39 is 6.61 Å². The Kier molecular flexibility index (Phi) is 4.42. The minimum atomic E-state index is -2.84. The summed E-state index contributed by atoms with van der Waals surface area (Å²) in [6.07, 6.45) is 0.800. The summed E-state index contributed by atoms with van der Waals surface area (Å²) >= 11 is 0. The van der Waals surface area contributed by atoms with Crippen molar-refractivity contribution in [3.63, 3.8) is 0 Å². The van der Waals surface area contributed by atoms with Gasteiger partial charge in [0.25, 0.3) is 0 Å². The summed E-state index contributed by atoms with van der Waals surface area (Å²) in [5.41, 5.74) is 0.643. The highest BCUT2D eigenvalue weighted by Crippen LogP contribution is 2.31. The molecule has 2 saturated heterocycles. The second-order valence-corrected chi connectivity index (χ2v) is 5.64. The van der Waals surface area contributed by atoms with Crippen molar-refractivity contribution in [3.8, 4) is 5.75 Å². The van der Waals surface area contributed by atoms with E-state index in [2.05, 4.69) is 15.4 Å². The van der Waals surface area contributed by atoms with Gasteiger partial charge in [-0.05, 0) is 18.6 Å². The molecule has 2 aliphatic heterocycles. The number of carbonyl (C=O) groups is 1. The molecule has 1 unspecified atom stereocenters. The van der Waals surface area contributed by atoms with Crippen LogP contribution >= 0.6 is 0 Å². The maximum absolute atomic E-state index is 12.5. The van der Waals surface area contributed by atoms with Crippen LogP contribution in [0.15, 0.2) is 24.3 Å². The number of nitrogens with one attached hydrogen (secondary N) is 2. The maximum atomic E-state index is 12.5. The van der Waals surface area contributed by atoms with Gasteiger partial charge in [0.15, 0.2) is 0 Å². The Morgan fingerprint density at radius 1 is 1.36 bits per heavy atom. The van der Waals surface area contributed by atoms with Gasteiger partial charge in [0.1, 0.15) is 5.75 Å². The molecule has 5 nitrogen and oxygen atoms in total. The van der Waals surface area contributed by atoms with Crippen LogP contribution in [0.5, 0.6) is 5.75 Å². The first-order valence-corrected chi connectivity index (χ1v) is 7.43. The number of rotatable bonds is 5. The summed E-state index contributed by atoms with van der Waals surface area (Å²) in [5, 5.41) is 6.10. The normalized spacial score (nSPS) is 21.8. The highest BCUT2D eigenvalue weighted by Gasteiger charge is 2.30. The molecule has 22 heavy (non-hydrogen) atoms. The van der Waals surface area contributed by atoms with E-state index in [-0.39, 0.29) is 23.6 Å². The van der Waals surface area contributed by atoms with Crippen LogP contribution < -0.4 is 20.3 Å². The van der Waals surface area contributed by atoms with E-state index in [0.29, 0.717) is 18.8 Å². The number of nitrogens with zero attached hydrogens (tertiary/aromatic N) is 1. The Labute approximate surface area is 127 Å². The largest absolute Gasteiger partial charge is 0.433 e. The number of ether oxygens (including phenoxy) is 1. The quantitative estimate of drug-likeness (QED) is 0.858. The molecular weight excluding hydrogens is 292 g/mol. The van der Waals surface area contributed by atoms with Crippen molar-refractivity contribution in [2.75, 3.05) is 31.1 Å². The van der Waals surface area contributed by atoms with E-state index in [4.69, 9.17) is 0 Å². The molecular formula is C15H19F2N3O2. The van der Waals surface area contributed by atoms with Gasteiger partial charge >= 0.3 is 6.61 Å². The number of halogens is 2. The maximum Gasteiger partial charge on any atom is 0.387 e. The molecule has 0 saturated carbocycles. The zero-order valence-electron chi connectivity index (χ0n) is 12.1. The second kappa shape index (κ2) is 6.48. The fourth-order valence-electron chi connectivity index (χ4n) is 2.80. The summed E-state index contributed by atoms with van der Waals surface area (Å²) in [6.45, 7) is -0.0708. The zero-order chi connectivity index (χ0) is 15.5. The third-order valence-electron chi connectivity index (χ3n) is 4.11. The van der Waals surface area contributed by atoms with Crippen LogP contribution in [0.1, 0.15) is 6.42 Å². The number of alkyl halides is 2. The van der Waals surface area contributed by atoms with Gasteiger partial charge in [-0.3, -0.25) is 4.79 Å². The van der Waals surface area contributed by atoms with Gasteiger partial charge in [0.2, 0.25) is 5.91 Å². The van der Waals surface area contributed by atoms with Gasteiger partial charge in [-0.25, -0.2) is 0 Å². The third-order valence-corrected chi connectivity index (χ3v) is 4.11. The van der Waals surface area contributed by atoms with E-state index in [1.165, 1.54) is 6.07 Å². The molecule has 2 N–H and O–H groups in total. The van der Waals surface area contributed by atoms with Crippen LogP contribution in [0.25, 0.3) is 0 Å². The summed E-state index contributed by atoms with van der Waals surface area (Å²) in [6, 6.07) is 6.80. The first-order chi connectivity index (χ1) is 10.6. The Morgan fingerprint density at radius 3 is 2.82 bits per heavy atom. The van der Waals surface area contributed by atoms with Gasteiger partial charge in [0.05, 0.1) is 11.6 Å². The van der Waals surface area contributed by atoms with Crippen molar-refractivity contribution in [3.05, 3.63) is 24.3 Å². The first-order valence-electron chi connectivity index (χ1n) is 7.43. The van der Waals surface area contributed by atoms with E-state index in [0.717, 1.165) is 19.5 Å². The highest BCUT2D eigenvalue weighted by atomic mass is 19.3. The predicted octanol–water partition coefficient (Wildman–Crippen LogP) is 1.20. The first kappa shape index (κ1) is 15.0. The lowest BCUT2D eigenvalue weighted by atomic mass is 10.0. The number of amides is 1. The molecule has 1 aromatic carbocycles. The molecule has 2 aliphatic rings.